The van der Waals surface area contributed by atoms with Crippen molar-refractivity contribution >= 4 is 17.3 Å². The normalized spacial score (nSPS) is 19.2. The van der Waals surface area contributed by atoms with E-state index in [1.165, 1.54) is 0 Å². The van der Waals surface area contributed by atoms with Crippen molar-refractivity contribution in [3.63, 3.8) is 0 Å². The van der Waals surface area contributed by atoms with E-state index in [9.17, 15) is 5.21 Å². The Morgan fingerprint density at radius 3 is 2.36 bits per heavy atom. The van der Waals surface area contributed by atoms with Crippen molar-refractivity contribution in [1.82, 2.24) is 0 Å². The third-order valence-corrected chi connectivity index (χ3v) is 4.91. The van der Waals surface area contributed by atoms with Gasteiger partial charge < -0.3 is 4.74 Å². The minimum Gasteiger partial charge on any atom is -0.488 e. The van der Waals surface area contributed by atoms with Crippen LogP contribution in [0.5, 0.6) is 5.75 Å². The minimum absolute atomic E-state index is 0.282. The third kappa shape index (κ3) is 2.86. The van der Waals surface area contributed by atoms with E-state index < -0.39 is 5.54 Å². The van der Waals surface area contributed by atoms with Crippen LogP contribution in [0.4, 0.5) is 5.69 Å². The Balaban J connectivity index is 1.83. The molecule has 0 saturated carbocycles. The molecular weight excluding hydrogens is 334 g/mol. The highest BCUT2D eigenvalue weighted by molar-refractivity contribution is 6.30. The van der Waals surface area contributed by atoms with Crippen molar-refractivity contribution < 1.29 is 9.94 Å². The molecule has 1 aliphatic rings. The second-order valence-electron chi connectivity index (χ2n) is 6.25. The first kappa shape index (κ1) is 16.0. The average Bonchev–Trinajstić information content (AvgIpc) is 2.66. The van der Waals surface area contributed by atoms with Gasteiger partial charge in [-0.15, -0.1) is 0 Å². The van der Waals surface area contributed by atoms with Crippen LogP contribution >= 0.6 is 11.6 Å². The summed E-state index contributed by atoms with van der Waals surface area (Å²) in [6.45, 7) is 0.282. The van der Waals surface area contributed by atoms with E-state index in [0.29, 0.717) is 22.9 Å². The summed E-state index contributed by atoms with van der Waals surface area (Å²) in [4.78, 5) is 0. The summed E-state index contributed by atoms with van der Waals surface area (Å²) in [5, 5.41) is 15.2. The van der Waals surface area contributed by atoms with Crippen molar-refractivity contribution in [3.8, 4) is 5.75 Å². The number of hydrogen-bond donors (Lipinski definition) is 0. The van der Waals surface area contributed by atoms with E-state index in [1.54, 1.807) is 6.07 Å². The smallest absolute Gasteiger partial charge is 0.145 e. The molecular formula is C21H17ClNO2. The molecule has 3 aromatic rings. The van der Waals surface area contributed by atoms with Crippen LogP contribution in [0.25, 0.3) is 0 Å². The number of hydrogen-bond acceptors (Lipinski definition) is 2. The number of nitrogens with zero attached hydrogens (tertiary/aromatic N) is 1. The molecule has 0 saturated heterocycles. The molecule has 1 unspecified atom stereocenters. The molecule has 4 rings (SSSR count). The quantitative estimate of drug-likeness (QED) is 0.664. The number of halogens is 1. The second-order valence-corrected chi connectivity index (χ2v) is 6.69. The Labute approximate surface area is 152 Å². The Morgan fingerprint density at radius 2 is 1.60 bits per heavy atom. The minimum atomic E-state index is -0.833. The number of hydroxylamine groups is 1. The van der Waals surface area contributed by atoms with Crippen LogP contribution in [-0.4, -0.2) is 6.61 Å². The maximum absolute atomic E-state index is 13.4. The van der Waals surface area contributed by atoms with E-state index >= 15 is 0 Å². The fraction of sp³-hybridized carbons (Fsp3) is 0.143. The van der Waals surface area contributed by atoms with E-state index in [-0.39, 0.29) is 6.61 Å². The molecule has 0 fully saturated rings. The lowest BCUT2D eigenvalue weighted by molar-refractivity contribution is 0.0300. The molecule has 1 aliphatic heterocycles. The van der Waals surface area contributed by atoms with Gasteiger partial charge in [0.05, 0.1) is 0 Å². The fourth-order valence-corrected chi connectivity index (χ4v) is 3.48. The highest BCUT2D eigenvalue weighted by atomic mass is 35.5. The van der Waals surface area contributed by atoms with Crippen molar-refractivity contribution in [1.29, 1.82) is 0 Å². The van der Waals surface area contributed by atoms with E-state index in [2.05, 4.69) is 0 Å². The zero-order chi connectivity index (χ0) is 17.3. The number of rotatable bonds is 3. The molecule has 0 amide bonds. The monoisotopic (exact) mass is 350 g/mol. The molecule has 0 spiro atoms. The van der Waals surface area contributed by atoms with Gasteiger partial charge in [-0.2, -0.15) is 0 Å². The lowest BCUT2D eigenvalue weighted by Gasteiger charge is -2.43. The molecule has 125 valence electrons. The number of fused-ring (bicyclic) bond motifs is 1. The van der Waals surface area contributed by atoms with Crippen molar-refractivity contribution in [2.75, 3.05) is 11.7 Å². The van der Waals surface area contributed by atoms with Crippen LogP contribution in [0, 0.1) is 0 Å². The molecule has 0 aliphatic carbocycles. The van der Waals surface area contributed by atoms with E-state index in [1.807, 2.05) is 72.8 Å². The number of para-hydroxylation sites is 2. The van der Waals surface area contributed by atoms with Gasteiger partial charge in [0.1, 0.15) is 23.6 Å². The van der Waals surface area contributed by atoms with Gasteiger partial charge >= 0.3 is 0 Å². The van der Waals surface area contributed by atoms with Crippen LogP contribution < -0.4 is 9.80 Å². The van der Waals surface area contributed by atoms with Gasteiger partial charge in [0.25, 0.3) is 0 Å². The van der Waals surface area contributed by atoms with Gasteiger partial charge in [-0.1, -0.05) is 71.4 Å². The van der Waals surface area contributed by atoms with E-state index in [4.69, 9.17) is 16.3 Å². The molecule has 3 aromatic carbocycles. The Hall–Kier alpha value is -2.49. The lowest BCUT2D eigenvalue weighted by Crippen LogP contribution is -2.52. The highest BCUT2D eigenvalue weighted by Gasteiger charge is 2.45. The van der Waals surface area contributed by atoms with Gasteiger partial charge in [0, 0.05) is 11.4 Å². The van der Waals surface area contributed by atoms with Crippen molar-refractivity contribution in [2.45, 2.75) is 12.0 Å². The summed E-state index contributed by atoms with van der Waals surface area (Å²) in [7, 11) is 0. The first-order chi connectivity index (χ1) is 12.2. The summed E-state index contributed by atoms with van der Waals surface area (Å²) in [6.07, 6.45) is 0.549. The zero-order valence-electron chi connectivity index (χ0n) is 13.6. The summed E-state index contributed by atoms with van der Waals surface area (Å²) in [6, 6.07) is 24.8. The summed E-state index contributed by atoms with van der Waals surface area (Å²) in [5.74, 6) is 0.621. The van der Waals surface area contributed by atoms with Crippen molar-refractivity contribution in [3.05, 3.63) is 95.0 Å². The molecule has 0 N–H and O–H groups in total. The Morgan fingerprint density at radius 1 is 0.920 bits per heavy atom. The largest absolute Gasteiger partial charge is 0.488 e. The molecule has 1 radical (unpaired) electrons. The predicted molar refractivity (Wildman–Crippen MR) is 98.4 cm³/mol. The number of benzene rings is 3. The van der Waals surface area contributed by atoms with Gasteiger partial charge in [-0.3, -0.25) is 0 Å². The SMILES string of the molecule is [O]N1c2ccccc2OCC1(Cc1ccccc1)c1ccc(Cl)cc1. The first-order valence-electron chi connectivity index (χ1n) is 8.18. The standard InChI is InChI=1S/C21H17ClNO2/c22-18-12-10-17(11-13-18)21(14-16-6-2-1-3-7-16)15-25-20-9-5-4-8-19(20)23(21)24/h1-13H,14-15H2. The lowest BCUT2D eigenvalue weighted by atomic mass is 9.82. The summed E-state index contributed by atoms with van der Waals surface area (Å²) in [5.41, 5.74) is 1.70. The molecule has 25 heavy (non-hydrogen) atoms. The maximum Gasteiger partial charge on any atom is 0.145 e. The summed E-state index contributed by atoms with van der Waals surface area (Å²) < 4.78 is 5.99. The predicted octanol–water partition coefficient (Wildman–Crippen LogP) is 5.02. The Bertz CT molecular complexity index is 867. The van der Waals surface area contributed by atoms with Crippen LogP contribution in [0.1, 0.15) is 11.1 Å². The number of ether oxygens (including phenoxy) is 1. The highest BCUT2D eigenvalue weighted by Crippen LogP contribution is 2.44. The molecule has 1 atom stereocenters. The molecule has 0 bridgehead atoms. The van der Waals surface area contributed by atoms with Gasteiger partial charge in [-0.25, -0.2) is 5.06 Å². The number of anilines is 1. The van der Waals surface area contributed by atoms with Crippen molar-refractivity contribution in [2.24, 2.45) is 0 Å². The second kappa shape index (κ2) is 6.43. The van der Waals surface area contributed by atoms with E-state index in [0.717, 1.165) is 16.2 Å². The van der Waals surface area contributed by atoms with Crippen LogP contribution in [-0.2, 0) is 17.2 Å². The summed E-state index contributed by atoms with van der Waals surface area (Å²) >= 11 is 6.05. The first-order valence-corrected chi connectivity index (χ1v) is 8.56. The van der Waals surface area contributed by atoms with Gasteiger partial charge in [0.2, 0.25) is 0 Å². The third-order valence-electron chi connectivity index (χ3n) is 4.66. The zero-order valence-corrected chi connectivity index (χ0v) is 14.3. The molecule has 1 heterocycles. The molecule has 4 heteroatoms. The molecule has 3 nitrogen and oxygen atoms in total. The van der Waals surface area contributed by atoms with Gasteiger partial charge in [0.15, 0.2) is 0 Å². The Kier molecular flexibility index (Phi) is 4.12. The van der Waals surface area contributed by atoms with Crippen LogP contribution in [0.15, 0.2) is 78.9 Å². The molecule has 0 aromatic heterocycles. The van der Waals surface area contributed by atoms with Crippen LogP contribution in [0.2, 0.25) is 5.02 Å². The van der Waals surface area contributed by atoms with Gasteiger partial charge in [-0.05, 0) is 35.4 Å². The van der Waals surface area contributed by atoms with Crippen LogP contribution in [0.3, 0.4) is 0 Å². The average molecular weight is 351 g/mol. The topological polar surface area (TPSA) is 32.4 Å². The fourth-order valence-electron chi connectivity index (χ4n) is 3.35. The maximum atomic E-state index is 13.4.